The van der Waals surface area contributed by atoms with Crippen molar-refractivity contribution in [2.24, 2.45) is 4.99 Å². The predicted octanol–water partition coefficient (Wildman–Crippen LogP) is 1.74. The number of pyridine rings is 1. The van der Waals surface area contributed by atoms with E-state index in [0.717, 1.165) is 24.0 Å². The largest absolute Gasteiger partial charge is 0.481 e. The maximum Gasteiger partial charge on any atom is 0.213 e. The van der Waals surface area contributed by atoms with Gasteiger partial charge in [-0.3, -0.25) is 4.99 Å². The Morgan fingerprint density at radius 2 is 2.21 bits per heavy atom. The number of nitrogens with one attached hydrogen (secondary N) is 2. The van der Waals surface area contributed by atoms with Crippen LogP contribution in [-0.4, -0.2) is 43.7 Å². The van der Waals surface area contributed by atoms with Gasteiger partial charge in [-0.15, -0.1) is 24.0 Å². The van der Waals surface area contributed by atoms with Gasteiger partial charge in [0.15, 0.2) is 5.96 Å². The molecule has 1 aromatic heterocycles. The fourth-order valence-electron chi connectivity index (χ4n) is 1.34. The standard InChI is InChI=1S/C12H20N4OS.HI/c1-13-12(14-7-8-18-3)15-9-10-5-4-6-11(16-10)17-2;/h4-6H,7-9H2,1-3H3,(H2,13,14,15);1H. The summed E-state index contributed by atoms with van der Waals surface area (Å²) in [4.78, 5) is 8.47. The Hall–Kier alpha value is -0.700. The van der Waals surface area contributed by atoms with Gasteiger partial charge >= 0.3 is 0 Å². The van der Waals surface area contributed by atoms with Crippen molar-refractivity contribution in [3.05, 3.63) is 23.9 Å². The minimum atomic E-state index is 0. The first-order valence-electron chi connectivity index (χ1n) is 5.73. The molecule has 0 fully saturated rings. The SMILES string of the molecule is CN=C(NCCSC)NCc1cccc(OC)n1.I. The fraction of sp³-hybridized carbons (Fsp3) is 0.500. The predicted molar refractivity (Wildman–Crippen MR) is 92.8 cm³/mol. The van der Waals surface area contributed by atoms with Crippen molar-refractivity contribution in [3.8, 4) is 5.88 Å². The van der Waals surface area contributed by atoms with E-state index in [1.54, 1.807) is 25.9 Å². The second-order valence-electron chi connectivity index (χ2n) is 3.52. The Labute approximate surface area is 136 Å². The van der Waals surface area contributed by atoms with E-state index in [1.807, 2.05) is 18.2 Å². The first kappa shape index (κ1) is 18.3. The van der Waals surface area contributed by atoms with Crippen LogP contribution in [0.5, 0.6) is 5.88 Å². The van der Waals surface area contributed by atoms with Crippen LogP contribution in [0.15, 0.2) is 23.2 Å². The molecule has 0 bridgehead atoms. The third kappa shape index (κ3) is 7.46. The zero-order valence-corrected chi connectivity index (χ0v) is 14.6. The van der Waals surface area contributed by atoms with Gasteiger partial charge in [-0.1, -0.05) is 6.07 Å². The van der Waals surface area contributed by atoms with Crippen molar-refractivity contribution in [3.63, 3.8) is 0 Å². The van der Waals surface area contributed by atoms with Gasteiger partial charge in [0.2, 0.25) is 5.88 Å². The lowest BCUT2D eigenvalue weighted by Gasteiger charge is -2.11. The number of aromatic nitrogens is 1. The van der Waals surface area contributed by atoms with Crippen LogP contribution in [0.25, 0.3) is 0 Å². The number of ether oxygens (including phenoxy) is 1. The molecule has 0 unspecified atom stereocenters. The van der Waals surface area contributed by atoms with E-state index in [9.17, 15) is 0 Å². The molecule has 1 rings (SSSR count). The Bertz CT molecular complexity index is 390. The van der Waals surface area contributed by atoms with Gasteiger partial charge in [-0.25, -0.2) is 4.98 Å². The molecule has 0 saturated heterocycles. The van der Waals surface area contributed by atoms with Crippen LogP contribution in [0.3, 0.4) is 0 Å². The number of nitrogens with zero attached hydrogens (tertiary/aromatic N) is 2. The van der Waals surface area contributed by atoms with Crippen molar-refractivity contribution < 1.29 is 4.74 Å². The molecule has 0 amide bonds. The van der Waals surface area contributed by atoms with E-state index >= 15 is 0 Å². The monoisotopic (exact) mass is 396 g/mol. The van der Waals surface area contributed by atoms with Crippen LogP contribution >= 0.6 is 35.7 Å². The van der Waals surface area contributed by atoms with E-state index in [-0.39, 0.29) is 24.0 Å². The minimum absolute atomic E-state index is 0. The highest BCUT2D eigenvalue weighted by Gasteiger charge is 2.00. The highest BCUT2D eigenvalue weighted by molar-refractivity contribution is 14.0. The smallest absolute Gasteiger partial charge is 0.213 e. The van der Waals surface area contributed by atoms with Crippen molar-refractivity contribution in [2.45, 2.75) is 6.54 Å². The number of guanidine groups is 1. The van der Waals surface area contributed by atoms with Crippen LogP contribution in [0.1, 0.15) is 5.69 Å². The summed E-state index contributed by atoms with van der Waals surface area (Å²) in [6.45, 7) is 1.52. The molecular formula is C12H21IN4OS. The van der Waals surface area contributed by atoms with Crippen LogP contribution in [0.4, 0.5) is 0 Å². The number of hydrogen-bond donors (Lipinski definition) is 2. The molecule has 0 radical (unpaired) electrons. The maximum atomic E-state index is 5.08. The molecule has 0 spiro atoms. The van der Waals surface area contributed by atoms with Gasteiger partial charge in [0, 0.05) is 25.4 Å². The molecule has 7 heteroatoms. The number of thioether (sulfide) groups is 1. The fourth-order valence-corrected chi connectivity index (χ4v) is 1.64. The molecule has 0 saturated carbocycles. The third-order valence-corrected chi connectivity index (χ3v) is 2.86. The molecular weight excluding hydrogens is 375 g/mol. The highest BCUT2D eigenvalue weighted by atomic mass is 127. The highest BCUT2D eigenvalue weighted by Crippen LogP contribution is 2.05. The second-order valence-corrected chi connectivity index (χ2v) is 4.50. The normalized spacial score (nSPS) is 10.6. The summed E-state index contributed by atoms with van der Waals surface area (Å²) in [5.74, 6) is 2.46. The van der Waals surface area contributed by atoms with Crippen molar-refractivity contribution >= 4 is 41.7 Å². The quantitative estimate of drug-likeness (QED) is 0.332. The molecule has 0 atom stereocenters. The molecule has 0 aliphatic heterocycles. The Morgan fingerprint density at radius 3 is 2.84 bits per heavy atom. The third-order valence-electron chi connectivity index (χ3n) is 2.25. The lowest BCUT2D eigenvalue weighted by atomic mass is 10.3. The molecule has 1 heterocycles. The Balaban J connectivity index is 0.00000324. The van der Waals surface area contributed by atoms with E-state index in [1.165, 1.54) is 0 Å². The average molecular weight is 396 g/mol. The number of halogens is 1. The van der Waals surface area contributed by atoms with Crippen LogP contribution < -0.4 is 15.4 Å². The Kier molecular flexibility index (Phi) is 10.7. The second kappa shape index (κ2) is 11.2. The summed E-state index contributed by atoms with van der Waals surface area (Å²) < 4.78 is 5.08. The van der Waals surface area contributed by atoms with Gasteiger partial charge < -0.3 is 15.4 Å². The summed E-state index contributed by atoms with van der Waals surface area (Å²) >= 11 is 1.80. The molecule has 2 N–H and O–H groups in total. The number of methoxy groups -OCH3 is 1. The first-order valence-corrected chi connectivity index (χ1v) is 7.13. The number of rotatable bonds is 6. The van der Waals surface area contributed by atoms with Crippen LogP contribution in [0.2, 0.25) is 0 Å². The lowest BCUT2D eigenvalue weighted by Crippen LogP contribution is -2.38. The van der Waals surface area contributed by atoms with Crippen LogP contribution in [0, 0.1) is 0 Å². The van der Waals surface area contributed by atoms with Crippen molar-refractivity contribution in [1.29, 1.82) is 0 Å². The summed E-state index contributed by atoms with van der Waals surface area (Å²) in [6, 6.07) is 5.70. The molecule has 5 nitrogen and oxygen atoms in total. The zero-order valence-electron chi connectivity index (χ0n) is 11.5. The maximum absolute atomic E-state index is 5.08. The summed E-state index contributed by atoms with van der Waals surface area (Å²) in [5.41, 5.74) is 0.919. The molecule has 0 aliphatic carbocycles. The van der Waals surface area contributed by atoms with E-state index in [2.05, 4.69) is 26.9 Å². The molecule has 1 aromatic rings. The van der Waals surface area contributed by atoms with E-state index in [0.29, 0.717) is 12.4 Å². The number of hydrogen-bond acceptors (Lipinski definition) is 4. The molecule has 0 aromatic carbocycles. The van der Waals surface area contributed by atoms with Gasteiger partial charge in [-0.2, -0.15) is 11.8 Å². The van der Waals surface area contributed by atoms with Gasteiger partial charge in [0.25, 0.3) is 0 Å². The van der Waals surface area contributed by atoms with Crippen LogP contribution in [-0.2, 0) is 6.54 Å². The van der Waals surface area contributed by atoms with Crippen molar-refractivity contribution in [2.75, 3.05) is 32.7 Å². The molecule has 0 aliphatic rings. The van der Waals surface area contributed by atoms with Gasteiger partial charge in [0.05, 0.1) is 19.3 Å². The minimum Gasteiger partial charge on any atom is -0.481 e. The first-order chi connectivity index (χ1) is 8.80. The van der Waals surface area contributed by atoms with Gasteiger partial charge in [-0.05, 0) is 12.3 Å². The molecule has 108 valence electrons. The van der Waals surface area contributed by atoms with E-state index < -0.39 is 0 Å². The summed E-state index contributed by atoms with van der Waals surface area (Å²) in [5, 5.41) is 6.44. The van der Waals surface area contributed by atoms with Gasteiger partial charge in [0.1, 0.15) is 0 Å². The lowest BCUT2D eigenvalue weighted by molar-refractivity contribution is 0.396. The summed E-state index contributed by atoms with van der Waals surface area (Å²) in [6.07, 6.45) is 2.08. The topological polar surface area (TPSA) is 58.5 Å². The summed E-state index contributed by atoms with van der Waals surface area (Å²) in [7, 11) is 3.37. The molecule has 19 heavy (non-hydrogen) atoms. The van der Waals surface area contributed by atoms with Crippen molar-refractivity contribution in [1.82, 2.24) is 15.6 Å². The van der Waals surface area contributed by atoms with E-state index in [4.69, 9.17) is 4.74 Å². The average Bonchev–Trinajstić information content (AvgIpc) is 2.43. The Morgan fingerprint density at radius 1 is 1.42 bits per heavy atom. The zero-order chi connectivity index (χ0) is 13.2. The number of aliphatic imine (C=N–C) groups is 1.